The van der Waals surface area contributed by atoms with Gasteiger partial charge in [-0.15, -0.1) is 0 Å². The summed E-state index contributed by atoms with van der Waals surface area (Å²) in [6.07, 6.45) is 8.24. The lowest BCUT2D eigenvalue weighted by Crippen LogP contribution is -2.28. The fourth-order valence-corrected chi connectivity index (χ4v) is 3.91. The predicted octanol–water partition coefficient (Wildman–Crippen LogP) is 3.43. The molecule has 1 aliphatic carbocycles. The number of fused-ring (bicyclic) bond motifs is 1. The Balaban J connectivity index is 1.61. The van der Waals surface area contributed by atoms with Crippen LogP contribution in [0.4, 0.5) is 0 Å². The molecule has 1 saturated heterocycles. The van der Waals surface area contributed by atoms with Crippen LogP contribution in [0.5, 0.6) is 0 Å². The molecule has 4 nitrogen and oxygen atoms in total. The first kappa shape index (κ1) is 14.2. The Hall–Kier alpha value is -1.42. The molecule has 3 heterocycles. The minimum absolute atomic E-state index is 0.637. The molecule has 118 valence electrons. The molecule has 1 unspecified atom stereocenters. The van der Waals surface area contributed by atoms with Crippen LogP contribution in [0, 0.1) is 5.92 Å². The first-order valence-corrected chi connectivity index (χ1v) is 8.78. The van der Waals surface area contributed by atoms with E-state index in [0.29, 0.717) is 12.1 Å². The third kappa shape index (κ3) is 2.43. The fourth-order valence-electron chi connectivity index (χ4n) is 3.91. The van der Waals surface area contributed by atoms with Crippen molar-refractivity contribution in [3.8, 4) is 0 Å². The van der Waals surface area contributed by atoms with Crippen molar-refractivity contribution < 1.29 is 0 Å². The standard InChI is InChI=1S/C18H26N4/c1-13(2)21-10-8-14(12-21)11-17-20-16-7-4-9-19-18(16)22(17)15-5-3-6-15/h4,7,9,13-15H,3,5-6,8,10-12H2,1-2H3. The summed E-state index contributed by atoms with van der Waals surface area (Å²) in [4.78, 5) is 12.1. The molecule has 1 saturated carbocycles. The number of aromatic nitrogens is 3. The molecule has 0 spiro atoms. The molecule has 2 aliphatic rings. The Bertz CT molecular complexity index is 656. The summed E-state index contributed by atoms with van der Waals surface area (Å²) in [5, 5.41) is 0. The highest BCUT2D eigenvalue weighted by Crippen LogP contribution is 2.36. The van der Waals surface area contributed by atoms with E-state index in [1.54, 1.807) is 0 Å². The number of imidazole rings is 1. The number of pyridine rings is 1. The summed E-state index contributed by atoms with van der Waals surface area (Å²) in [5.41, 5.74) is 2.17. The van der Waals surface area contributed by atoms with Crippen LogP contribution < -0.4 is 0 Å². The van der Waals surface area contributed by atoms with E-state index in [1.807, 2.05) is 12.3 Å². The molecule has 4 rings (SSSR count). The number of rotatable bonds is 4. The van der Waals surface area contributed by atoms with Gasteiger partial charge in [-0.05, 0) is 64.1 Å². The summed E-state index contributed by atoms with van der Waals surface area (Å²) in [5.74, 6) is 2.02. The molecule has 4 heteroatoms. The molecule has 1 aliphatic heterocycles. The predicted molar refractivity (Wildman–Crippen MR) is 88.9 cm³/mol. The van der Waals surface area contributed by atoms with E-state index in [1.165, 1.54) is 44.6 Å². The quantitative estimate of drug-likeness (QED) is 0.867. The maximum atomic E-state index is 4.93. The molecule has 2 aromatic rings. The van der Waals surface area contributed by atoms with Gasteiger partial charge in [-0.2, -0.15) is 0 Å². The highest BCUT2D eigenvalue weighted by Gasteiger charge is 2.29. The lowest BCUT2D eigenvalue weighted by Gasteiger charge is -2.29. The second-order valence-electron chi connectivity index (χ2n) is 7.28. The van der Waals surface area contributed by atoms with Crippen LogP contribution in [0.3, 0.4) is 0 Å². The van der Waals surface area contributed by atoms with E-state index in [4.69, 9.17) is 4.98 Å². The highest BCUT2D eigenvalue weighted by atomic mass is 15.2. The highest BCUT2D eigenvalue weighted by molar-refractivity contribution is 5.71. The van der Waals surface area contributed by atoms with Crippen molar-refractivity contribution >= 4 is 11.2 Å². The van der Waals surface area contributed by atoms with E-state index in [-0.39, 0.29) is 0 Å². The Morgan fingerprint density at radius 1 is 1.27 bits per heavy atom. The number of likely N-dealkylation sites (tertiary alicyclic amines) is 1. The van der Waals surface area contributed by atoms with Gasteiger partial charge in [0.05, 0.1) is 0 Å². The van der Waals surface area contributed by atoms with Gasteiger partial charge in [0.15, 0.2) is 5.65 Å². The largest absolute Gasteiger partial charge is 0.310 e. The molecule has 2 fully saturated rings. The van der Waals surface area contributed by atoms with Crippen LogP contribution in [0.2, 0.25) is 0 Å². The van der Waals surface area contributed by atoms with Gasteiger partial charge in [0, 0.05) is 31.2 Å². The third-order valence-corrected chi connectivity index (χ3v) is 5.48. The zero-order chi connectivity index (χ0) is 15.1. The number of hydrogen-bond acceptors (Lipinski definition) is 3. The zero-order valence-electron chi connectivity index (χ0n) is 13.7. The molecule has 0 aromatic carbocycles. The van der Waals surface area contributed by atoms with Crippen molar-refractivity contribution in [1.29, 1.82) is 0 Å². The smallest absolute Gasteiger partial charge is 0.160 e. The molecule has 2 aromatic heterocycles. The third-order valence-electron chi connectivity index (χ3n) is 5.48. The molecule has 0 radical (unpaired) electrons. The van der Waals surface area contributed by atoms with Crippen molar-refractivity contribution in [3.05, 3.63) is 24.2 Å². The van der Waals surface area contributed by atoms with E-state index in [0.717, 1.165) is 23.5 Å². The van der Waals surface area contributed by atoms with Crippen LogP contribution >= 0.6 is 0 Å². The van der Waals surface area contributed by atoms with Gasteiger partial charge in [0.2, 0.25) is 0 Å². The van der Waals surface area contributed by atoms with Crippen molar-refractivity contribution in [2.45, 2.75) is 58.0 Å². The summed E-state index contributed by atoms with van der Waals surface area (Å²) in [6.45, 7) is 7.06. The summed E-state index contributed by atoms with van der Waals surface area (Å²) in [7, 11) is 0. The molecule has 0 bridgehead atoms. The molecule has 1 atom stereocenters. The van der Waals surface area contributed by atoms with Crippen molar-refractivity contribution in [3.63, 3.8) is 0 Å². The van der Waals surface area contributed by atoms with Gasteiger partial charge >= 0.3 is 0 Å². The van der Waals surface area contributed by atoms with Crippen molar-refractivity contribution in [2.75, 3.05) is 13.1 Å². The summed E-state index contributed by atoms with van der Waals surface area (Å²) in [6, 6.07) is 5.41. The first-order valence-electron chi connectivity index (χ1n) is 8.78. The van der Waals surface area contributed by atoms with E-state index < -0.39 is 0 Å². The average Bonchev–Trinajstić information content (AvgIpc) is 3.04. The lowest BCUT2D eigenvalue weighted by molar-refractivity contribution is 0.262. The molecule has 0 amide bonds. The number of hydrogen-bond donors (Lipinski definition) is 0. The van der Waals surface area contributed by atoms with Gasteiger partial charge in [-0.25, -0.2) is 9.97 Å². The molecule has 0 N–H and O–H groups in total. The van der Waals surface area contributed by atoms with E-state index in [9.17, 15) is 0 Å². The van der Waals surface area contributed by atoms with E-state index >= 15 is 0 Å². The minimum atomic E-state index is 0.637. The molecular formula is C18H26N4. The second-order valence-corrected chi connectivity index (χ2v) is 7.28. The summed E-state index contributed by atoms with van der Waals surface area (Å²) >= 11 is 0. The topological polar surface area (TPSA) is 34.0 Å². The zero-order valence-corrected chi connectivity index (χ0v) is 13.7. The second kappa shape index (κ2) is 5.65. The SMILES string of the molecule is CC(C)N1CCC(Cc2nc3cccnc3n2C2CCC2)C1. The Kier molecular flexibility index (Phi) is 3.65. The van der Waals surface area contributed by atoms with Crippen molar-refractivity contribution in [1.82, 2.24) is 19.4 Å². The van der Waals surface area contributed by atoms with Crippen molar-refractivity contribution in [2.24, 2.45) is 5.92 Å². The fraction of sp³-hybridized carbons (Fsp3) is 0.667. The minimum Gasteiger partial charge on any atom is -0.310 e. The average molecular weight is 298 g/mol. The van der Waals surface area contributed by atoms with Crippen LogP contribution in [-0.4, -0.2) is 38.6 Å². The summed E-state index contributed by atoms with van der Waals surface area (Å²) < 4.78 is 2.46. The maximum Gasteiger partial charge on any atom is 0.160 e. The normalized spacial score (nSPS) is 23.5. The molecular weight excluding hydrogens is 272 g/mol. The van der Waals surface area contributed by atoms with Crippen LogP contribution in [0.1, 0.15) is 51.4 Å². The monoisotopic (exact) mass is 298 g/mol. The first-order chi connectivity index (χ1) is 10.7. The van der Waals surface area contributed by atoms with Gasteiger partial charge < -0.3 is 9.47 Å². The van der Waals surface area contributed by atoms with Crippen LogP contribution in [0.15, 0.2) is 18.3 Å². The molecule has 22 heavy (non-hydrogen) atoms. The Morgan fingerprint density at radius 2 is 2.14 bits per heavy atom. The maximum absolute atomic E-state index is 4.93. The van der Waals surface area contributed by atoms with Gasteiger partial charge in [0.25, 0.3) is 0 Å². The van der Waals surface area contributed by atoms with E-state index in [2.05, 4.69) is 34.4 Å². The van der Waals surface area contributed by atoms with Crippen LogP contribution in [-0.2, 0) is 6.42 Å². The van der Waals surface area contributed by atoms with Gasteiger partial charge in [-0.3, -0.25) is 0 Å². The lowest BCUT2D eigenvalue weighted by atomic mass is 9.92. The number of nitrogens with zero attached hydrogens (tertiary/aromatic N) is 4. The van der Waals surface area contributed by atoms with Crippen LogP contribution in [0.25, 0.3) is 11.2 Å². The van der Waals surface area contributed by atoms with Gasteiger partial charge in [-0.1, -0.05) is 0 Å². The Morgan fingerprint density at radius 3 is 2.82 bits per heavy atom. The van der Waals surface area contributed by atoms with Gasteiger partial charge in [0.1, 0.15) is 11.3 Å². The Labute approximate surface area is 132 Å².